The van der Waals surface area contributed by atoms with E-state index >= 15 is 0 Å². The molecule has 6 heterocycles. The van der Waals surface area contributed by atoms with Gasteiger partial charge in [-0.25, -0.2) is 13.7 Å². The molecule has 0 aliphatic carbocycles. The van der Waals surface area contributed by atoms with E-state index in [9.17, 15) is 24.0 Å². The van der Waals surface area contributed by atoms with Crippen molar-refractivity contribution in [1.82, 2.24) is 26.2 Å². The summed E-state index contributed by atoms with van der Waals surface area (Å²) in [5.74, 6) is 0.287. The van der Waals surface area contributed by atoms with Crippen molar-refractivity contribution in [3.63, 3.8) is 0 Å². The molecule has 3 aliphatic rings. The van der Waals surface area contributed by atoms with E-state index in [2.05, 4.69) is 240 Å². The molecule has 0 saturated heterocycles. The van der Waals surface area contributed by atoms with Crippen molar-refractivity contribution in [3.8, 4) is 0 Å². The third-order valence-corrected chi connectivity index (χ3v) is 23.3. The topological polar surface area (TPSA) is 158 Å². The molecule has 3 aliphatic heterocycles. The molecular formula is C84H114N11O5S3+3. The van der Waals surface area contributed by atoms with Crippen LogP contribution in [0.3, 0.4) is 0 Å². The van der Waals surface area contributed by atoms with Gasteiger partial charge in [0.15, 0.2) is 34.2 Å². The van der Waals surface area contributed by atoms with Crippen LogP contribution in [0.25, 0.3) is 18.2 Å². The van der Waals surface area contributed by atoms with Crippen LogP contribution < -0.4 is 49.7 Å². The minimum atomic E-state index is 0.00262. The maximum Gasteiger partial charge on any atom is 0.222 e. The molecule has 0 atom stereocenters. The Morgan fingerprint density at radius 2 is 0.612 bits per heavy atom. The summed E-state index contributed by atoms with van der Waals surface area (Å²) in [6.45, 7) is 19.0. The maximum atomic E-state index is 13.9. The first-order chi connectivity index (χ1) is 49.9. The minimum absolute atomic E-state index is 0.00262. The number of carbonyl (C=O) groups excluding carboxylic acids is 5. The van der Waals surface area contributed by atoms with E-state index in [1.54, 1.807) is 11.8 Å². The van der Waals surface area contributed by atoms with Crippen LogP contribution in [0.5, 0.6) is 0 Å². The normalized spacial score (nSPS) is 14.2. The number of pyridine rings is 3. The Bertz CT molecular complexity index is 3730. The van der Waals surface area contributed by atoms with Gasteiger partial charge in [-0.05, 0) is 148 Å². The zero-order valence-electron chi connectivity index (χ0n) is 62.9. The summed E-state index contributed by atoms with van der Waals surface area (Å²) in [5, 5.41) is 16.0. The summed E-state index contributed by atoms with van der Waals surface area (Å²) in [4.78, 5) is 77.6. The number of aromatic nitrogens is 3. The molecule has 9 rings (SSSR count). The second kappa shape index (κ2) is 41.0. The summed E-state index contributed by atoms with van der Waals surface area (Å²) < 4.78 is 7.12. The lowest BCUT2D eigenvalue weighted by Gasteiger charge is -2.23. The quantitative estimate of drug-likeness (QED) is 0.0214. The third-order valence-electron chi connectivity index (χ3n) is 19.8. The zero-order valence-corrected chi connectivity index (χ0v) is 65.4. The SMILES string of the molecule is Cc1cc(C=C2Sc3ccccc3N2C)cc(C)[n+]1CCCCCC(=O)NCCCCCC(=O)NCCCN(CCCNC(=O)CCCCCNC(=O)CCCCC[n+]1c(C)cc(C=C2Sc3ccccc3N2C)cc1C)C(=O)CCCCC[n+]1c(C)cc(C=C2Sc3ccccc3N2C)cc1C. The molecule has 0 unspecified atom stereocenters. The highest BCUT2D eigenvalue weighted by atomic mass is 32.2. The van der Waals surface area contributed by atoms with Gasteiger partial charge < -0.3 is 40.9 Å². The molecule has 3 aromatic carbocycles. The maximum absolute atomic E-state index is 13.9. The number of carbonyl (C=O) groups is 5. The second-order valence-electron chi connectivity index (χ2n) is 28.0. The van der Waals surface area contributed by atoms with Crippen molar-refractivity contribution >= 4 is 100 Å². The first kappa shape index (κ1) is 79.3. The highest BCUT2D eigenvalue weighted by Gasteiger charge is 2.26. The van der Waals surface area contributed by atoms with Crippen LogP contribution in [0.15, 0.2) is 139 Å². The Kier molecular flexibility index (Phi) is 31.5. The molecule has 0 bridgehead atoms. The monoisotopic (exact) mass is 1450 g/mol. The van der Waals surface area contributed by atoms with E-state index in [-0.39, 0.29) is 29.5 Å². The number of nitrogens with one attached hydrogen (secondary N) is 4. The van der Waals surface area contributed by atoms with E-state index in [1.165, 1.54) is 97.7 Å². The summed E-state index contributed by atoms with van der Waals surface area (Å²) >= 11 is 5.42. The van der Waals surface area contributed by atoms with Crippen LogP contribution in [0.1, 0.15) is 192 Å². The third kappa shape index (κ3) is 24.4. The van der Waals surface area contributed by atoms with Crippen LogP contribution in [0, 0.1) is 41.5 Å². The summed E-state index contributed by atoms with van der Waals surface area (Å²) in [7, 11) is 6.38. The van der Waals surface area contributed by atoms with E-state index in [4.69, 9.17) is 0 Å². The van der Waals surface area contributed by atoms with Gasteiger partial charge in [-0.1, -0.05) is 84.5 Å². The van der Waals surface area contributed by atoms with Crippen molar-refractivity contribution < 1.29 is 37.7 Å². The standard InChI is InChI=1S/C84H111N11O5S3/c1-62-53-68(59-82-89(7)71-33-20-23-36-74(71)101-82)54-63(2)93(62)50-28-12-17-41-77(96)85-44-26-10-15-39-79(98)87-46-31-48-92(81(100)43-19-14-30-52-95-66(5)57-70(58-67(95)6)61-84-91(9)73-35-22-25-38-76(73)103-84)49-32-47-88-80(99)40-16-11-27-45-86-78(97)42-18-13-29-51-94-64(3)55-69(56-65(94)4)60-83-90(8)72-34-21-24-37-75(72)102-83/h20-25,33-38,53-61H,10-19,26-32,39-52H2,1-9H3,(H-3,85,86,87,88,96,97,98,99)/p+3. The minimum Gasteiger partial charge on any atom is -0.356 e. The Labute approximate surface area is 627 Å². The lowest BCUT2D eigenvalue weighted by molar-refractivity contribution is -0.709. The smallest absolute Gasteiger partial charge is 0.222 e. The summed E-state index contributed by atoms with van der Waals surface area (Å²) in [6.07, 6.45) is 23.7. The number of anilines is 3. The average Bonchev–Trinajstić information content (AvgIpc) is 1.71. The zero-order chi connectivity index (χ0) is 73.0. The van der Waals surface area contributed by atoms with Crippen molar-refractivity contribution in [3.05, 3.63) is 175 Å². The number of unbranched alkanes of at least 4 members (excludes halogenated alkanes) is 10. The number of aryl methyl sites for hydroxylation is 6. The van der Waals surface area contributed by atoms with Crippen LogP contribution in [-0.2, 0) is 43.6 Å². The van der Waals surface area contributed by atoms with Gasteiger partial charge in [0.2, 0.25) is 29.5 Å². The van der Waals surface area contributed by atoms with E-state index in [0.717, 1.165) is 116 Å². The molecule has 0 radical (unpaired) electrons. The number of thioether (sulfide) groups is 3. The van der Waals surface area contributed by atoms with Crippen molar-refractivity contribution in [2.24, 2.45) is 0 Å². The summed E-state index contributed by atoms with van der Waals surface area (Å²) in [5.41, 5.74) is 14.7. The number of benzene rings is 3. The van der Waals surface area contributed by atoms with E-state index < -0.39 is 0 Å². The first-order valence-corrected chi connectivity index (χ1v) is 40.4. The molecule has 19 heteroatoms. The molecule has 6 aromatic rings. The van der Waals surface area contributed by atoms with Crippen LogP contribution in [-0.4, -0.2) is 94.8 Å². The predicted molar refractivity (Wildman–Crippen MR) is 425 cm³/mol. The van der Waals surface area contributed by atoms with Crippen molar-refractivity contribution in [1.29, 1.82) is 0 Å². The summed E-state index contributed by atoms with van der Waals surface area (Å²) in [6, 6.07) is 39.1. The molecule has 0 saturated carbocycles. The number of fused-ring (bicyclic) bond motifs is 3. The fraction of sp³-hybridized carbons (Fsp3) is 0.476. The van der Waals surface area contributed by atoms with E-state index in [1.807, 2.05) is 28.4 Å². The van der Waals surface area contributed by atoms with Crippen molar-refractivity contribution in [2.45, 2.75) is 217 Å². The fourth-order valence-corrected chi connectivity index (χ4v) is 17.4. The lowest BCUT2D eigenvalue weighted by Crippen LogP contribution is -2.40. The molecule has 103 heavy (non-hydrogen) atoms. The van der Waals surface area contributed by atoms with Gasteiger partial charge in [-0.3, -0.25) is 24.0 Å². The van der Waals surface area contributed by atoms with Crippen LogP contribution in [0.4, 0.5) is 17.1 Å². The van der Waals surface area contributed by atoms with Gasteiger partial charge in [-0.15, -0.1) is 0 Å². The lowest BCUT2D eigenvalue weighted by atomic mass is 10.1. The van der Waals surface area contributed by atoms with Gasteiger partial charge in [0.05, 0.1) is 32.1 Å². The predicted octanol–water partition coefficient (Wildman–Crippen LogP) is 15.3. The molecule has 16 nitrogen and oxygen atoms in total. The van der Waals surface area contributed by atoms with Gasteiger partial charge >= 0.3 is 0 Å². The number of amides is 5. The number of rotatable bonds is 41. The van der Waals surface area contributed by atoms with E-state index in [0.29, 0.717) is 84.2 Å². The van der Waals surface area contributed by atoms with Crippen LogP contribution in [0.2, 0.25) is 0 Å². The van der Waals surface area contributed by atoms with Gasteiger partial charge in [0, 0.05) is 204 Å². The second-order valence-corrected chi connectivity index (χ2v) is 31.2. The molecule has 550 valence electrons. The average molecular weight is 1450 g/mol. The molecule has 3 aromatic heterocycles. The van der Waals surface area contributed by atoms with Gasteiger partial charge in [-0.2, -0.15) is 0 Å². The highest BCUT2D eigenvalue weighted by Crippen LogP contribution is 2.47. The number of nitrogens with zero attached hydrogens (tertiary/aromatic N) is 7. The Hall–Kier alpha value is -7.87. The fourth-order valence-electron chi connectivity index (χ4n) is 14.0. The van der Waals surface area contributed by atoms with Crippen molar-refractivity contribution in [2.75, 3.05) is 75.1 Å². The Balaban J connectivity index is 0.618. The molecule has 5 amide bonds. The molecule has 0 fully saturated rings. The van der Waals surface area contributed by atoms with Gasteiger partial charge in [0.1, 0.15) is 19.6 Å². The molecule has 0 spiro atoms. The highest BCUT2D eigenvalue weighted by molar-refractivity contribution is 8.04. The van der Waals surface area contributed by atoms with Gasteiger partial charge in [0.25, 0.3) is 0 Å². The Morgan fingerprint density at radius 3 is 0.903 bits per heavy atom. The number of hydrogen-bond donors (Lipinski definition) is 4. The number of hydrogen-bond acceptors (Lipinski definition) is 11. The molecular weight excluding hydrogens is 1340 g/mol. The number of para-hydroxylation sites is 3. The Morgan fingerprint density at radius 1 is 0.350 bits per heavy atom. The van der Waals surface area contributed by atoms with Crippen LogP contribution >= 0.6 is 35.3 Å². The molecule has 4 N–H and O–H groups in total. The largest absolute Gasteiger partial charge is 0.356 e. The first-order valence-electron chi connectivity index (χ1n) is 37.9.